The Morgan fingerprint density at radius 2 is 1.79 bits per heavy atom. The van der Waals surface area contributed by atoms with Crippen LogP contribution in [0.25, 0.3) is 0 Å². The molecular weight excluding hydrogens is 296 g/mol. The molecule has 2 bridgehead atoms. The number of fused-ring (bicyclic) bond motifs is 4. The van der Waals surface area contributed by atoms with E-state index in [2.05, 4.69) is 52.0 Å². The average molecular weight is 326 g/mol. The molecule has 130 valence electrons. The van der Waals surface area contributed by atoms with Crippen LogP contribution in [0.2, 0.25) is 0 Å². The Balaban J connectivity index is 1.76. The van der Waals surface area contributed by atoms with Gasteiger partial charge in [-0.25, -0.2) is 0 Å². The van der Waals surface area contributed by atoms with Gasteiger partial charge in [0.1, 0.15) is 6.10 Å². The van der Waals surface area contributed by atoms with Gasteiger partial charge in [-0.3, -0.25) is 4.79 Å². The Kier molecular flexibility index (Phi) is 3.43. The van der Waals surface area contributed by atoms with E-state index in [0.717, 1.165) is 19.3 Å². The number of rotatable bonds is 3. The van der Waals surface area contributed by atoms with Crippen molar-refractivity contribution in [1.29, 1.82) is 0 Å². The third-order valence-electron chi connectivity index (χ3n) is 7.95. The van der Waals surface area contributed by atoms with Gasteiger partial charge in [-0.2, -0.15) is 0 Å². The second-order valence-corrected chi connectivity index (χ2v) is 9.21. The van der Waals surface area contributed by atoms with E-state index in [1.807, 2.05) is 0 Å². The molecule has 1 spiro atoms. The molecule has 0 amide bonds. The lowest BCUT2D eigenvalue weighted by atomic mass is 9.66. The van der Waals surface area contributed by atoms with Gasteiger partial charge in [0.05, 0.1) is 0 Å². The molecule has 0 aromatic heterocycles. The quantitative estimate of drug-likeness (QED) is 0.735. The molecule has 0 radical (unpaired) electrons. The number of benzene rings is 1. The first-order valence-corrected chi connectivity index (χ1v) is 9.61. The van der Waals surface area contributed by atoms with Gasteiger partial charge >= 0.3 is 5.97 Å². The summed E-state index contributed by atoms with van der Waals surface area (Å²) in [4.78, 5) is 12.4. The average Bonchev–Trinajstić information content (AvgIpc) is 3.04. The summed E-state index contributed by atoms with van der Waals surface area (Å²) >= 11 is 0. The van der Waals surface area contributed by atoms with Crippen molar-refractivity contribution < 1.29 is 9.53 Å². The highest BCUT2D eigenvalue weighted by Gasteiger charge is 2.74. The number of hydrogen-bond acceptors (Lipinski definition) is 2. The van der Waals surface area contributed by atoms with Crippen molar-refractivity contribution >= 4 is 5.97 Å². The van der Waals surface area contributed by atoms with Crippen LogP contribution >= 0.6 is 0 Å². The van der Waals surface area contributed by atoms with Crippen LogP contribution < -0.4 is 0 Å². The zero-order valence-electron chi connectivity index (χ0n) is 15.5. The number of esters is 1. The molecule has 0 N–H and O–H groups in total. The van der Waals surface area contributed by atoms with Crippen LogP contribution in [0, 0.1) is 22.2 Å². The molecule has 0 unspecified atom stereocenters. The summed E-state index contributed by atoms with van der Waals surface area (Å²) in [6, 6.07) is 8.85. The summed E-state index contributed by atoms with van der Waals surface area (Å²) < 4.78 is 6.25. The first-order valence-electron chi connectivity index (χ1n) is 9.61. The fraction of sp³-hybridized carbons (Fsp3) is 0.682. The van der Waals surface area contributed by atoms with Crippen LogP contribution in [0.3, 0.4) is 0 Å². The van der Waals surface area contributed by atoms with E-state index in [4.69, 9.17) is 4.74 Å². The molecule has 2 fully saturated rings. The molecule has 3 aliphatic rings. The first-order chi connectivity index (χ1) is 11.3. The molecule has 1 aromatic rings. The highest BCUT2D eigenvalue weighted by molar-refractivity contribution is 5.70. The van der Waals surface area contributed by atoms with Crippen molar-refractivity contribution in [3.05, 3.63) is 35.4 Å². The third kappa shape index (κ3) is 1.86. The van der Waals surface area contributed by atoms with Crippen LogP contribution in [0.1, 0.15) is 64.5 Å². The Labute approximate surface area is 146 Å². The molecule has 1 aromatic carbocycles. The van der Waals surface area contributed by atoms with Gasteiger partial charge in [0.25, 0.3) is 0 Å². The minimum atomic E-state index is 0.00223. The van der Waals surface area contributed by atoms with Crippen molar-refractivity contribution in [2.75, 3.05) is 0 Å². The number of carbonyl (C=O) groups excluding carboxylic acids is 1. The predicted octanol–water partition coefficient (Wildman–Crippen LogP) is 4.94. The van der Waals surface area contributed by atoms with Crippen molar-refractivity contribution in [2.45, 2.75) is 72.3 Å². The van der Waals surface area contributed by atoms with E-state index in [9.17, 15) is 4.79 Å². The molecule has 0 saturated heterocycles. The molecule has 4 rings (SSSR count). The zero-order valence-corrected chi connectivity index (χ0v) is 15.5. The highest BCUT2D eigenvalue weighted by Crippen LogP contribution is 2.75. The van der Waals surface area contributed by atoms with Gasteiger partial charge in [0, 0.05) is 17.3 Å². The summed E-state index contributed by atoms with van der Waals surface area (Å²) in [6.45, 7) is 9.27. The molecule has 24 heavy (non-hydrogen) atoms. The van der Waals surface area contributed by atoms with Gasteiger partial charge in [0.15, 0.2) is 0 Å². The Morgan fingerprint density at radius 3 is 2.38 bits per heavy atom. The normalized spacial score (nSPS) is 34.5. The van der Waals surface area contributed by atoms with E-state index in [-0.39, 0.29) is 28.3 Å². The third-order valence-corrected chi connectivity index (χ3v) is 7.95. The summed E-state index contributed by atoms with van der Waals surface area (Å²) in [5.41, 5.74) is 3.39. The molecule has 0 heterocycles. The number of ether oxygens (including phenoxy) is 1. The Bertz CT molecular complexity index is 649. The molecule has 0 aliphatic heterocycles. The molecule has 2 saturated carbocycles. The minimum Gasteiger partial charge on any atom is -0.461 e. The maximum atomic E-state index is 12.4. The van der Waals surface area contributed by atoms with E-state index < -0.39 is 0 Å². The lowest BCUT2D eigenvalue weighted by molar-refractivity contribution is -0.167. The van der Waals surface area contributed by atoms with Crippen LogP contribution in [-0.2, 0) is 22.4 Å². The summed E-state index contributed by atoms with van der Waals surface area (Å²) in [6.07, 6.45) is 6.09. The molecule has 2 nitrogen and oxygen atoms in total. The molecule has 3 aliphatic carbocycles. The molecule has 2 heteroatoms. The first kappa shape index (κ1) is 16.2. The van der Waals surface area contributed by atoms with Gasteiger partial charge in [-0.05, 0) is 54.6 Å². The van der Waals surface area contributed by atoms with Gasteiger partial charge < -0.3 is 4.74 Å². The van der Waals surface area contributed by atoms with E-state index in [1.54, 1.807) is 0 Å². The van der Waals surface area contributed by atoms with Gasteiger partial charge in [-0.1, -0.05) is 52.0 Å². The van der Waals surface area contributed by atoms with Crippen molar-refractivity contribution in [3.63, 3.8) is 0 Å². The maximum absolute atomic E-state index is 12.4. The van der Waals surface area contributed by atoms with E-state index in [1.165, 1.54) is 24.0 Å². The van der Waals surface area contributed by atoms with Crippen molar-refractivity contribution in [2.24, 2.45) is 22.2 Å². The summed E-state index contributed by atoms with van der Waals surface area (Å²) in [5, 5.41) is 0. The molecule has 3 atom stereocenters. The SMILES string of the molecule is CCCC(=O)O[C@@H]1C2(Cc3ccccc3C2)[C@H]2CC[C@]1(C)C2(C)C. The van der Waals surface area contributed by atoms with Crippen LogP contribution in [0.15, 0.2) is 24.3 Å². The second kappa shape index (κ2) is 5.09. The number of carbonyl (C=O) groups is 1. The largest absolute Gasteiger partial charge is 0.461 e. The van der Waals surface area contributed by atoms with Crippen LogP contribution in [0.5, 0.6) is 0 Å². The fourth-order valence-corrected chi connectivity index (χ4v) is 6.57. The van der Waals surface area contributed by atoms with Gasteiger partial charge in [0.2, 0.25) is 0 Å². The fourth-order valence-electron chi connectivity index (χ4n) is 6.57. The Hall–Kier alpha value is -1.31. The highest BCUT2D eigenvalue weighted by atomic mass is 16.5. The lowest BCUT2D eigenvalue weighted by Gasteiger charge is -2.44. The zero-order chi connectivity index (χ0) is 17.2. The number of hydrogen-bond donors (Lipinski definition) is 0. The maximum Gasteiger partial charge on any atom is 0.306 e. The monoisotopic (exact) mass is 326 g/mol. The summed E-state index contributed by atoms with van der Waals surface area (Å²) in [5.74, 6) is 0.643. The molecular formula is C22H30O2. The predicted molar refractivity (Wildman–Crippen MR) is 95.7 cm³/mol. The van der Waals surface area contributed by atoms with E-state index >= 15 is 0 Å². The van der Waals surface area contributed by atoms with Gasteiger partial charge in [-0.15, -0.1) is 0 Å². The smallest absolute Gasteiger partial charge is 0.306 e. The second-order valence-electron chi connectivity index (χ2n) is 9.21. The summed E-state index contributed by atoms with van der Waals surface area (Å²) in [7, 11) is 0. The topological polar surface area (TPSA) is 26.3 Å². The minimum absolute atomic E-state index is 0.00223. The standard InChI is InChI=1S/C22H30O2/c1-5-8-18(23)24-19-21(4)12-11-17(20(21,2)3)22(19)13-15-9-6-7-10-16(15)14-22/h6-7,9-10,17,19H,5,8,11-14H2,1-4H3/t17-,19-,21-/m0/s1. The van der Waals surface area contributed by atoms with Crippen molar-refractivity contribution in [1.82, 2.24) is 0 Å². The van der Waals surface area contributed by atoms with E-state index in [0.29, 0.717) is 12.3 Å². The lowest BCUT2D eigenvalue weighted by Crippen LogP contribution is -2.48. The Morgan fingerprint density at radius 1 is 1.17 bits per heavy atom. The van der Waals surface area contributed by atoms with Crippen molar-refractivity contribution in [3.8, 4) is 0 Å². The van der Waals surface area contributed by atoms with Crippen LogP contribution in [0.4, 0.5) is 0 Å². The van der Waals surface area contributed by atoms with Crippen LogP contribution in [-0.4, -0.2) is 12.1 Å².